The molecule has 0 saturated heterocycles. The lowest BCUT2D eigenvalue weighted by Crippen LogP contribution is -2.38. The Hall–Kier alpha value is -2.11. The molecular formula is C15H16BNO3. The predicted molar refractivity (Wildman–Crippen MR) is 78.5 cm³/mol. The molecule has 0 heterocycles. The number of carbonyl (C=O) groups is 1. The van der Waals surface area contributed by atoms with Gasteiger partial charge >= 0.3 is 7.12 Å². The van der Waals surface area contributed by atoms with Crippen LogP contribution in [-0.4, -0.2) is 35.0 Å². The van der Waals surface area contributed by atoms with Crippen molar-refractivity contribution in [2.45, 2.75) is 6.54 Å². The molecule has 0 aliphatic carbocycles. The van der Waals surface area contributed by atoms with Gasteiger partial charge in [0.2, 0.25) is 0 Å². The van der Waals surface area contributed by atoms with E-state index in [0.717, 1.165) is 5.56 Å². The number of hydrogen-bond acceptors (Lipinski definition) is 3. The smallest absolute Gasteiger partial charge is 0.423 e. The number of rotatable bonds is 4. The van der Waals surface area contributed by atoms with Crippen molar-refractivity contribution in [1.29, 1.82) is 0 Å². The molecule has 4 nitrogen and oxygen atoms in total. The minimum atomic E-state index is -1.65. The Morgan fingerprint density at radius 1 is 1.05 bits per heavy atom. The van der Waals surface area contributed by atoms with Crippen LogP contribution in [0.15, 0.2) is 54.6 Å². The molecule has 5 heteroatoms. The van der Waals surface area contributed by atoms with E-state index < -0.39 is 7.12 Å². The van der Waals surface area contributed by atoms with Crippen LogP contribution in [0.3, 0.4) is 0 Å². The molecule has 2 aromatic carbocycles. The van der Waals surface area contributed by atoms with E-state index in [4.69, 9.17) is 0 Å². The summed E-state index contributed by atoms with van der Waals surface area (Å²) in [6.45, 7) is 0.468. The van der Waals surface area contributed by atoms with E-state index in [2.05, 4.69) is 0 Å². The third-order valence-corrected chi connectivity index (χ3v) is 3.08. The van der Waals surface area contributed by atoms with Gasteiger partial charge in [0.25, 0.3) is 5.91 Å². The standard InChI is InChI=1S/C15H16BNO3/c1-17(11-12-7-3-2-4-8-12)15(18)13-9-5-6-10-14(13)16(19)20/h2-10,19-20H,11H2,1H3. The highest BCUT2D eigenvalue weighted by atomic mass is 16.4. The van der Waals surface area contributed by atoms with Crippen molar-refractivity contribution in [2.24, 2.45) is 0 Å². The van der Waals surface area contributed by atoms with Crippen molar-refractivity contribution >= 4 is 18.5 Å². The Balaban J connectivity index is 2.19. The van der Waals surface area contributed by atoms with Crippen molar-refractivity contribution in [3.63, 3.8) is 0 Å². The summed E-state index contributed by atoms with van der Waals surface area (Å²) in [5.41, 5.74) is 1.55. The number of amides is 1. The van der Waals surface area contributed by atoms with Crippen LogP contribution in [0.25, 0.3) is 0 Å². The van der Waals surface area contributed by atoms with Crippen LogP contribution in [0, 0.1) is 0 Å². The summed E-state index contributed by atoms with van der Waals surface area (Å²) in [4.78, 5) is 13.9. The van der Waals surface area contributed by atoms with Crippen molar-refractivity contribution in [3.8, 4) is 0 Å². The van der Waals surface area contributed by atoms with Crippen molar-refractivity contribution in [2.75, 3.05) is 7.05 Å². The van der Waals surface area contributed by atoms with Crippen LogP contribution in [0.2, 0.25) is 0 Å². The summed E-state index contributed by atoms with van der Waals surface area (Å²) < 4.78 is 0. The second kappa shape index (κ2) is 6.37. The van der Waals surface area contributed by atoms with E-state index in [1.165, 1.54) is 6.07 Å². The van der Waals surface area contributed by atoms with Gasteiger partial charge in [-0.15, -0.1) is 0 Å². The van der Waals surface area contributed by atoms with Gasteiger partial charge in [-0.3, -0.25) is 4.79 Å². The molecule has 102 valence electrons. The van der Waals surface area contributed by atoms with E-state index in [1.807, 2.05) is 30.3 Å². The second-order valence-electron chi connectivity index (χ2n) is 4.61. The van der Waals surface area contributed by atoms with Crippen LogP contribution in [0.4, 0.5) is 0 Å². The van der Waals surface area contributed by atoms with E-state index in [1.54, 1.807) is 30.1 Å². The molecular weight excluding hydrogens is 253 g/mol. The maximum atomic E-state index is 12.4. The first-order chi connectivity index (χ1) is 9.59. The number of carbonyl (C=O) groups excluding carboxylic acids is 1. The first kappa shape index (κ1) is 14.3. The highest BCUT2D eigenvalue weighted by Crippen LogP contribution is 2.07. The molecule has 0 aliphatic heterocycles. The molecule has 0 aliphatic rings. The van der Waals surface area contributed by atoms with Gasteiger partial charge in [-0.05, 0) is 17.1 Å². The maximum Gasteiger partial charge on any atom is 0.489 e. The zero-order valence-corrected chi connectivity index (χ0v) is 11.2. The third kappa shape index (κ3) is 3.26. The fourth-order valence-corrected chi connectivity index (χ4v) is 2.05. The van der Waals surface area contributed by atoms with Crippen LogP contribution in [0.1, 0.15) is 15.9 Å². The summed E-state index contributed by atoms with van der Waals surface area (Å²) in [6.07, 6.45) is 0. The fraction of sp³-hybridized carbons (Fsp3) is 0.133. The Labute approximate surface area is 118 Å². The second-order valence-corrected chi connectivity index (χ2v) is 4.61. The monoisotopic (exact) mass is 269 g/mol. The van der Waals surface area contributed by atoms with Gasteiger partial charge in [-0.1, -0.05) is 48.5 Å². The Bertz CT molecular complexity index is 587. The zero-order chi connectivity index (χ0) is 14.5. The molecule has 2 N–H and O–H groups in total. The molecule has 0 spiro atoms. The van der Waals surface area contributed by atoms with Gasteiger partial charge in [0.15, 0.2) is 0 Å². The van der Waals surface area contributed by atoms with Crippen molar-refractivity contribution in [3.05, 3.63) is 65.7 Å². The fourth-order valence-electron chi connectivity index (χ4n) is 2.05. The summed E-state index contributed by atoms with van der Waals surface area (Å²) in [6, 6.07) is 16.1. The van der Waals surface area contributed by atoms with Crippen molar-refractivity contribution in [1.82, 2.24) is 4.90 Å². The van der Waals surface area contributed by atoms with Crippen LogP contribution in [-0.2, 0) is 6.54 Å². The molecule has 0 fully saturated rings. The third-order valence-electron chi connectivity index (χ3n) is 3.08. The van der Waals surface area contributed by atoms with Gasteiger partial charge in [0, 0.05) is 19.2 Å². The molecule has 0 unspecified atom stereocenters. The first-order valence-electron chi connectivity index (χ1n) is 6.34. The number of benzene rings is 2. The zero-order valence-electron chi connectivity index (χ0n) is 11.2. The largest absolute Gasteiger partial charge is 0.489 e. The summed E-state index contributed by atoms with van der Waals surface area (Å²) >= 11 is 0. The Kier molecular flexibility index (Phi) is 4.55. The molecule has 0 saturated carbocycles. The quantitative estimate of drug-likeness (QED) is 0.801. The average molecular weight is 269 g/mol. The van der Waals surface area contributed by atoms with Gasteiger partial charge in [0.05, 0.1) is 0 Å². The normalized spacial score (nSPS) is 10.2. The first-order valence-corrected chi connectivity index (χ1v) is 6.34. The summed E-state index contributed by atoms with van der Waals surface area (Å²) in [7, 11) is 0.0378. The molecule has 2 aromatic rings. The maximum absolute atomic E-state index is 12.4. The van der Waals surface area contributed by atoms with E-state index >= 15 is 0 Å². The molecule has 1 amide bonds. The summed E-state index contributed by atoms with van der Waals surface area (Å²) in [5, 5.41) is 18.6. The SMILES string of the molecule is CN(Cc1ccccc1)C(=O)c1ccccc1B(O)O. The lowest BCUT2D eigenvalue weighted by Gasteiger charge is -2.19. The van der Waals surface area contributed by atoms with Crippen LogP contribution in [0.5, 0.6) is 0 Å². The molecule has 0 bridgehead atoms. The Morgan fingerprint density at radius 3 is 2.30 bits per heavy atom. The molecule has 0 aromatic heterocycles. The topological polar surface area (TPSA) is 60.8 Å². The number of nitrogens with zero attached hydrogens (tertiary/aromatic N) is 1. The predicted octanol–water partition coefficient (Wildman–Crippen LogP) is 0.639. The van der Waals surface area contributed by atoms with Gasteiger partial charge in [-0.25, -0.2) is 0 Å². The van der Waals surface area contributed by atoms with Crippen molar-refractivity contribution < 1.29 is 14.8 Å². The summed E-state index contributed by atoms with van der Waals surface area (Å²) in [5.74, 6) is -0.238. The lowest BCUT2D eigenvalue weighted by atomic mass is 9.77. The van der Waals surface area contributed by atoms with Crippen LogP contribution < -0.4 is 5.46 Å². The lowest BCUT2D eigenvalue weighted by molar-refractivity contribution is 0.0786. The highest BCUT2D eigenvalue weighted by molar-refractivity contribution is 6.60. The van der Waals surface area contributed by atoms with E-state index in [-0.39, 0.29) is 11.4 Å². The minimum Gasteiger partial charge on any atom is -0.423 e. The number of hydrogen-bond donors (Lipinski definition) is 2. The van der Waals surface area contributed by atoms with Gasteiger partial charge in [-0.2, -0.15) is 0 Å². The average Bonchev–Trinajstić information content (AvgIpc) is 2.47. The molecule has 0 atom stereocenters. The molecule has 0 radical (unpaired) electrons. The van der Waals surface area contributed by atoms with Gasteiger partial charge in [0.1, 0.15) is 0 Å². The van der Waals surface area contributed by atoms with Gasteiger partial charge < -0.3 is 14.9 Å². The van der Waals surface area contributed by atoms with Crippen LogP contribution >= 0.6 is 0 Å². The molecule has 2 rings (SSSR count). The highest BCUT2D eigenvalue weighted by Gasteiger charge is 2.21. The van der Waals surface area contributed by atoms with E-state index in [0.29, 0.717) is 12.1 Å². The molecule has 20 heavy (non-hydrogen) atoms. The Morgan fingerprint density at radius 2 is 1.65 bits per heavy atom. The minimum absolute atomic E-state index is 0.220. The van der Waals surface area contributed by atoms with E-state index in [9.17, 15) is 14.8 Å².